The molecule has 0 nitrogen and oxygen atoms in total. The third-order valence-corrected chi connectivity index (χ3v) is 9.21. The van der Waals surface area contributed by atoms with Gasteiger partial charge in [-0.3, -0.25) is 0 Å². The average molecular weight is 623 g/mol. The van der Waals surface area contributed by atoms with E-state index in [2.05, 4.69) is 0 Å². The Balaban J connectivity index is 1.38. The molecule has 210 valence electrons. The molecular weight excluding hydrogens is 614 g/mol. The van der Waals surface area contributed by atoms with Crippen molar-refractivity contribution in [3.8, 4) is 20.9 Å². The summed E-state index contributed by atoms with van der Waals surface area (Å²) in [4.78, 5) is -0.308. The Morgan fingerprint density at radius 2 is 0.548 bits per heavy atom. The van der Waals surface area contributed by atoms with Crippen molar-refractivity contribution < 1.29 is 43.9 Å². The van der Waals surface area contributed by atoms with Crippen LogP contribution in [0.3, 0.4) is 0 Å². The summed E-state index contributed by atoms with van der Waals surface area (Å²) in [7, 11) is 0. The molecule has 0 fully saturated rings. The van der Waals surface area contributed by atoms with Gasteiger partial charge in [0.1, 0.15) is 0 Å². The molecule has 0 N–H and O–H groups in total. The van der Waals surface area contributed by atoms with E-state index in [9.17, 15) is 43.9 Å². The fourth-order valence-corrected chi connectivity index (χ4v) is 7.22. The van der Waals surface area contributed by atoms with Crippen molar-refractivity contribution in [1.82, 2.24) is 0 Å². The Morgan fingerprint density at radius 1 is 0.286 bits per heavy atom. The first-order chi connectivity index (χ1) is 19.9. The summed E-state index contributed by atoms with van der Waals surface area (Å²) in [6.07, 6.45) is 0. The number of thiophene rings is 2. The minimum Gasteiger partial charge on any atom is -0.203 e. The van der Waals surface area contributed by atoms with Gasteiger partial charge in [0, 0.05) is 19.2 Å². The quantitative estimate of drug-likeness (QED) is 0.0779. The van der Waals surface area contributed by atoms with Gasteiger partial charge in [-0.2, -0.15) is 0 Å². The van der Waals surface area contributed by atoms with Crippen molar-refractivity contribution >= 4 is 64.4 Å². The molecule has 0 unspecified atom stereocenters. The molecule has 0 aliphatic heterocycles. The molecule has 0 bridgehead atoms. The van der Waals surface area contributed by atoms with E-state index >= 15 is 0 Å². The molecule has 7 rings (SSSR count). The van der Waals surface area contributed by atoms with Crippen LogP contribution >= 0.6 is 22.7 Å². The summed E-state index contributed by atoms with van der Waals surface area (Å²) >= 11 is 1.68. The summed E-state index contributed by atoms with van der Waals surface area (Å²) in [5.74, 6) is -20.4. The van der Waals surface area contributed by atoms with Gasteiger partial charge in [0.15, 0.2) is 46.5 Å². The molecule has 12 heteroatoms. The molecule has 5 aromatic carbocycles. The molecule has 0 aliphatic rings. The van der Waals surface area contributed by atoms with Crippen LogP contribution in [0.5, 0.6) is 0 Å². The zero-order chi connectivity index (χ0) is 29.8. The first-order valence-corrected chi connectivity index (χ1v) is 13.5. The predicted molar refractivity (Wildman–Crippen MR) is 143 cm³/mol. The van der Waals surface area contributed by atoms with E-state index in [1.807, 2.05) is 0 Å². The first-order valence-electron chi connectivity index (χ1n) is 11.8. The van der Waals surface area contributed by atoms with Crippen LogP contribution in [0.2, 0.25) is 0 Å². The lowest BCUT2D eigenvalue weighted by atomic mass is 10.0. The number of benzene rings is 5. The molecule has 2 heterocycles. The number of fused-ring (bicyclic) bond motifs is 4. The van der Waals surface area contributed by atoms with E-state index in [1.165, 1.54) is 12.1 Å². The van der Waals surface area contributed by atoms with Gasteiger partial charge in [-0.15, -0.1) is 22.7 Å². The smallest absolute Gasteiger partial charge is 0.200 e. The van der Waals surface area contributed by atoms with Crippen molar-refractivity contribution in [2.45, 2.75) is 0 Å². The van der Waals surface area contributed by atoms with Crippen LogP contribution in [0.4, 0.5) is 43.9 Å². The van der Waals surface area contributed by atoms with Crippen LogP contribution in [-0.4, -0.2) is 0 Å². The van der Waals surface area contributed by atoms with Gasteiger partial charge in [-0.25, -0.2) is 43.9 Å². The maximum atomic E-state index is 14.4. The van der Waals surface area contributed by atoms with Crippen molar-refractivity contribution in [3.63, 3.8) is 0 Å². The summed E-state index contributed by atoms with van der Waals surface area (Å²) in [5.41, 5.74) is -2.04. The lowest BCUT2D eigenvalue weighted by Gasteiger charge is -2.05. The lowest BCUT2D eigenvalue weighted by Crippen LogP contribution is -2.03. The van der Waals surface area contributed by atoms with Crippen LogP contribution in [-0.2, 0) is 0 Å². The molecule has 0 saturated heterocycles. The number of halogens is 10. The summed E-state index contributed by atoms with van der Waals surface area (Å²) in [5, 5.41) is 3.61. The summed E-state index contributed by atoms with van der Waals surface area (Å²) < 4.78 is 141. The number of hydrogen-bond acceptors (Lipinski definition) is 2. The maximum Gasteiger partial charge on any atom is 0.200 e. The molecule has 0 aliphatic carbocycles. The second kappa shape index (κ2) is 9.17. The Hall–Kier alpha value is -4.16. The zero-order valence-electron chi connectivity index (χ0n) is 20.2. The second-order valence-electron chi connectivity index (χ2n) is 9.44. The van der Waals surface area contributed by atoms with Gasteiger partial charge < -0.3 is 0 Å². The van der Waals surface area contributed by atoms with Crippen molar-refractivity contribution in [1.29, 1.82) is 0 Å². The number of hydrogen-bond donors (Lipinski definition) is 0. The van der Waals surface area contributed by atoms with E-state index in [0.29, 0.717) is 41.7 Å². The second-order valence-corrected chi connectivity index (χ2v) is 11.6. The molecule has 0 atom stereocenters. The molecular formula is C30H8F10S2. The molecule has 2 aromatic heterocycles. The third-order valence-electron chi connectivity index (χ3n) is 6.98. The minimum absolute atomic E-state index is 0.154. The van der Waals surface area contributed by atoms with Crippen LogP contribution in [0.1, 0.15) is 0 Å². The van der Waals surface area contributed by atoms with Crippen molar-refractivity contribution in [2.24, 2.45) is 0 Å². The van der Waals surface area contributed by atoms with Crippen molar-refractivity contribution in [3.05, 3.63) is 107 Å². The SMILES string of the molecule is Fc1c(F)c(F)c(-c2cc3cc4cc5cc6sc(-c7c(F)c(F)c(F)c(F)c7F)cc6cc5cc4cc3s2)c(F)c1F. The van der Waals surface area contributed by atoms with E-state index in [-0.39, 0.29) is 9.75 Å². The molecule has 0 saturated carbocycles. The van der Waals surface area contributed by atoms with Gasteiger partial charge in [0.05, 0.1) is 11.1 Å². The van der Waals surface area contributed by atoms with Crippen LogP contribution < -0.4 is 0 Å². The highest BCUT2D eigenvalue weighted by Gasteiger charge is 2.29. The molecule has 0 radical (unpaired) electrons. The van der Waals surface area contributed by atoms with Gasteiger partial charge in [0.25, 0.3) is 0 Å². The van der Waals surface area contributed by atoms with Crippen molar-refractivity contribution in [2.75, 3.05) is 0 Å². The van der Waals surface area contributed by atoms with E-state index in [4.69, 9.17) is 0 Å². The van der Waals surface area contributed by atoms with Gasteiger partial charge in [-0.1, -0.05) is 0 Å². The molecule has 0 spiro atoms. The highest BCUT2D eigenvalue weighted by molar-refractivity contribution is 7.22. The van der Waals surface area contributed by atoms with Gasteiger partial charge >= 0.3 is 0 Å². The fraction of sp³-hybridized carbons (Fsp3) is 0. The van der Waals surface area contributed by atoms with Crippen LogP contribution in [0, 0.1) is 58.2 Å². The Bertz CT molecular complexity index is 2010. The molecule has 42 heavy (non-hydrogen) atoms. The Labute approximate surface area is 235 Å². The Morgan fingerprint density at radius 3 is 0.881 bits per heavy atom. The largest absolute Gasteiger partial charge is 0.203 e. The topological polar surface area (TPSA) is 0 Å². The highest BCUT2D eigenvalue weighted by Crippen LogP contribution is 2.43. The molecule has 0 amide bonds. The maximum absolute atomic E-state index is 14.4. The van der Waals surface area contributed by atoms with E-state index in [1.54, 1.807) is 36.4 Å². The summed E-state index contributed by atoms with van der Waals surface area (Å²) in [6.45, 7) is 0. The normalized spacial score (nSPS) is 12.0. The monoisotopic (exact) mass is 622 g/mol. The summed E-state index contributed by atoms with van der Waals surface area (Å²) in [6, 6.07) is 12.9. The highest BCUT2D eigenvalue weighted by atomic mass is 32.1. The zero-order valence-corrected chi connectivity index (χ0v) is 21.8. The Kier molecular flexibility index (Phi) is 5.83. The molecule has 7 aromatic rings. The average Bonchev–Trinajstić information content (AvgIpc) is 3.56. The first kappa shape index (κ1) is 26.7. The predicted octanol–water partition coefficient (Wildman–Crippen LogP) is 11.1. The van der Waals surface area contributed by atoms with Gasteiger partial charge in [-0.05, 0) is 80.8 Å². The standard InChI is InChI=1S/C30H8F10S2/c31-21-19(22(32)26(36)29(39)25(21)35)17-7-13-3-9-1-11-5-15-14(4-10(11)2-12(9)6-16(13)42-17)8-18(41-15)20-23(33)27(37)30(40)28(38)24(20)34/h1-8H. The van der Waals surface area contributed by atoms with Gasteiger partial charge in [0.2, 0.25) is 11.6 Å². The number of rotatable bonds is 2. The van der Waals surface area contributed by atoms with Crippen LogP contribution in [0.25, 0.3) is 62.6 Å². The van der Waals surface area contributed by atoms with E-state index < -0.39 is 69.3 Å². The fourth-order valence-electron chi connectivity index (χ4n) is 4.96. The van der Waals surface area contributed by atoms with E-state index in [0.717, 1.165) is 22.7 Å². The lowest BCUT2D eigenvalue weighted by molar-refractivity contribution is 0.381. The third kappa shape index (κ3) is 3.74. The van der Waals surface area contributed by atoms with Crippen LogP contribution in [0.15, 0.2) is 48.5 Å². The minimum atomic E-state index is -2.24.